The van der Waals surface area contributed by atoms with Crippen molar-refractivity contribution in [1.82, 2.24) is 20.6 Å². The van der Waals surface area contributed by atoms with Crippen molar-refractivity contribution in [3.05, 3.63) is 60.2 Å². The van der Waals surface area contributed by atoms with Gasteiger partial charge in [0.05, 0.1) is 0 Å². The minimum atomic E-state index is -1.30. The minimum Gasteiger partial charge on any atom is -0.480 e. The van der Waals surface area contributed by atoms with E-state index in [1.54, 1.807) is 35.4 Å². The molecule has 0 bridgehead atoms. The van der Waals surface area contributed by atoms with E-state index in [-0.39, 0.29) is 0 Å². The van der Waals surface area contributed by atoms with Crippen LogP contribution in [0.3, 0.4) is 0 Å². The van der Waals surface area contributed by atoms with E-state index >= 15 is 0 Å². The highest BCUT2D eigenvalue weighted by Crippen LogP contribution is 1.92. The van der Waals surface area contributed by atoms with Gasteiger partial charge >= 0.3 is 23.8 Å². The van der Waals surface area contributed by atoms with E-state index in [0.717, 1.165) is 11.1 Å². The molecule has 2 heterocycles. The first kappa shape index (κ1) is 23.3. The number of hydrogen-bond donors (Lipinski definition) is 4. The molecule has 0 aliphatic carbocycles. The van der Waals surface area contributed by atoms with Crippen LogP contribution in [0.15, 0.2) is 49.1 Å². The van der Waals surface area contributed by atoms with E-state index in [0.29, 0.717) is 0 Å². The molecule has 0 aliphatic rings. The topological polar surface area (TPSA) is 159 Å². The second-order valence-corrected chi connectivity index (χ2v) is 5.14. The van der Waals surface area contributed by atoms with Gasteiger partial charge in [-0.2, -0.15) is 0 Å². The molecular weight excluding hydrogens is 392 g/mol. The summed E-state index contributed by atoms with van der Waals surface area (Å²) in [7, 11) is 0. The Morgan fingerprint density at radius 2 is 1.17 bits per heavy atom. The summed E-state index contributed by atoms with van der Waals surface area (Å²) >= 11 is 0. The van der Waals surface area contributed by atoms with Gasteiger partial charge in [0.15, 0.2) is 0 Å². The van der Waals surface area contributed by atoms with Crippen LogP contribution in [0.1, 0.15) is 11.1 Å². The van der Waals surface area contributed by atoms with Gasteiger partial charge in [0.1, 0.15) is 13.1 Å². The van der Waals surface area contributed by atoms with Crippen LogP contribution in [0.25, 0.3) is 0 Å². The number of hydrogen-bond acceptors (Lipinski definition) is 6. The fourth-order valence-electron chi connectivity index (χ4n) is 1.55. The third-order valence-electron chi connectivity index (χ3n) is 2.81. The van der Waals surface area contributed by atoms with Gasteiger partial charge in [0.25, 0.3) is 0 Å². The van der Waals surface area contributed by atoms with Crippen LogP contribution < -0.4 is 10.6 Å². The lowest BCUT2D eigenvalue weighted by Gasteiger charge is -2.01. The predicted molar refractivity (Wildman–Crippen MR) is 104 cm³/mol. The largest absolute Gasteiger partial charge is 0.480 e. The standard InChI is InChI=1S/C14H8N2.C6H8N2O6/c1(5-13-7-3-9-15-11-13)2-6-14-8-4-10-16-12-14;9-3(10)1-7-5(13)6(14)8-2-4(11)12/h3-4,7-12H;1-2H2,(H,7,13)(H,8,14)(H,9,10)(H,11,12). The maximum atomic E-state index is 10.7. The number of carboxylic acids is 2. The van der Waals surface area contributed by atoms with Crippen LogP contribution in [-0.4, -0.2) is 57.0 Å². The first-order valence-corrected chi connectivity index (χ1v) is 8.20. The van der Waals surface area contributed by atoms with Gasteiger partial charge in [-0.15, -0.1) is 0 Å². The second kappa shape index (κ2) is 13.5. The summed E-state index contributed by atoms with van der Waals surface area (Å²) in [4.78, 5) is 49.2. The summed E-state index contributed by atoms with van der Waals surface area (Å²) < 4.78 is 0. The molecule has 2 rings (SSSR count). The molecule has 0 saturated heterocycles. The van der Waals surface area contributed by atoms with Gasteiger partial charge in [-0.1, -0.05) is 11.8 Å². The molecule has 2 aromatic rings. The maximum absolute atomic E-state index is 10.7. The van der Waals surface area contributed by atoms with E-state index in [4.69, 9.17) is 10.2 Å². The molecule has 0 atom stereocenters. The van der Waals surface area contributed by atoms with Crippen molar-refractivity contribution >= 4 is 23.8 Å². The van der Waals surface area contributed by atoms with Gasteiger partial charge in [0, 0.05) is 35.9 Å². The first-order valence-electron chi connectivity index (χ1n) is 8.20. The van der Waals surface area contributed by atoms with Crippen molar-refractivity contribution in [3.63, 3.8) is 0 Å². The van der Waals surface area contributed by atoms with Crippen molar-refractivity contribution in [3.8, 4) is 23.7 Å². The molecule has 2 amide bonds. The summed E-state index contributed by atoms with van der Waals surface area (Å²) in [5.41, 5.74) is 1.73. The molecule has 152 valence electrons. The average Bonchev–Trinajstić information content (AvgIpc) is 2.75. The Hall–Kier alpha value is -4.70. The molecule has 30 heavy (non-hydrogen) atoms. The monoisotopic (exact) mass is 408 g/mol. The van der Waals surface area contributed by atoms with Crippen molar-refractivity contribution in [2.24, 2.45) is 0 Å². The van der Waals surface area contributed by atoms with Gasteiger partial charge in [-0.3, -0.25) is 29.1 Å². The van der Waals surface area contributed by atoms with Crippen LogP contribution >= 0.6 is 0 Å². The van der Waals surface area contributed by atoms with E-state index < -0.39 is 36.8 Å². The Morgan fingerprint density at radius 1 is 0.767 bits per heavy atom. The highest BCUT2D eigenvalue weighted by molar-refractivity contribution is 6.35. The molecule has 0 radical (unpaired) electrons. The number of aromatic nitrogens is 2. The number of rotatable bonds is 4. The molecule has 4 N–H and O–H groups in total. The van der Waals surface area contributed by atoms with Crippen LogP contribution in [-0.2, 0) is 19.2 Å². The van der Waals surface area contributed by atoms with Gasteiger partial charge in [0.2, 0.25) is 0 Å². The van der Waals surface area contributed by atoms with E-state index in [9.17, 15) is 19.2 Å². The van der Waals surface area contributed by atoms with Gasteiger partial charge in [-0.25, -0.2) is 0 Å². The summed E-state index contributed by atoms with van der Waals surface area (Å²) in [6, 6.07) is 7.48. The predicted octanol–water partition coefficient (Wildman–Crippen LogP) is -0.732. The van der Waals surface area contributed by atoms with Crippen LogP contribution in [0.5, 0.6) is 0 Å². The molecule has 0 aromatic carbocycles. The maximum Gasteiger partial charge on any atom is 0.322 e. The molecule has 0 unspecified atom stereocenters. The summed E-state index contributed by atoms with van der Waals surface area (Å²) in [6.07, 6.45) is 6.84. The lowest BCUT2D eigenvalue weighted by molar-refractivity contribution is -0.143. The average molecular weight is 408 g/mol. The number of carbonyl (C=O) groups is 4. The smallest absolute Gasteiger partial charge is 0.322 e. The Labute approximate surface area is 171 Å². The zero-order chi connectivity index (χ0) is 22.2. The third-order valence-corrected chi connectivity index (χ3v) is 2.81. The van der Waals surface area contributed by atoms with Crippen LogP contribution in [0.4, 0.5) is 0 Å². The van der Waals surface area contributed by atoms with Crippen LogP contribution in [0, 0.1) is 23.7 Å². The second-order valence-electron chi connectivity index (χ2n) is 5.14. The number of nitrogens with one attached hydrogen (secondary N) is 2. The lowest BCUT2D eigenvalue weighted by atomic mass is 10.3. The van der Waals surface area contributed by atoms with Crippen molar-refractivity contribution in [1.29, 1.82) is 0 Å². The molecule has 0 spiro atoms. The van der Waals surface area contributed by atoms with Gasteiger partial charge < -0.3 is 20.8 Å². The third kappa shape index (κ3) is 11.1. The number of pyridine rings is 2. The van der Waals surface area contributed by atoms with Crippen LogP contribution in [0.2, 0.25) is 0 Å². The highest BCUT2D eigenvalue weighted by atomic mass is 16.4. The van der Waals surface area contributed by atoms with Crippen molar-refractivity contribution in [2.75, 3.05) is 13.1 Å². The summed E-state index contributed by atoms with van der Waals surface area (Å²) in [5.74, 6) is 6.38. The fraction of sp³-hybridized carbons (Fsp3) is 0.100. The fourth-order valence-corrected chi connectivity index (χ4v) is 1.55. The number of nitrogens with zero attached hydrogens (tertiary/aromatic N) is 2. The summed E-state index contributed by atoms with van der Waals surface area (Å²) in [6.45, 7) is -1.39. The Kier molecular flexibility index (Phi) is 10.5. The molecular formula is C20H16N4O6. The first-order chi connectivity index (χ1) is 14.4. The lowest BCUT2D eigenvalue weighted by Crippen LogP contribution is -2.43. The van der Waals surface area contributed by atoms with E-state index in [1.165, 1.54) is 0 Å². The zero-order valence-corrected chi connectivity index (χ0v) is 15.5. The zero-order valence-electron chi connectivity index (χ0n) is 15.5. The quantitative estimate of drug-likeness (QED) is 0.381. The SMILES string of the molecule is C(C#Cc1cccnc1)#Cc1cccnc1.O=C(O)CNC(=O)C(=O)NCC(=O)O. The molecule has 10 nitrogen and oxygen atoms in total. The number of carbonyl (C=O) groups excluding carboxylic acids is 2. The highest BCUT2D eigenvalue weighted by Gasteiger charge is 2.14. The normalized spacial score (nSPS) is 8.53. The van der Waals surface area contributed by atoms with E-state index in [2.05, 4.69) is 33.6 Å². The Morgan fingerprint density at radius 3 is 1.47 bits per heavy atom. The Bertz CT molecular complexity index is 918. The molecule has 0 fully saturated rings. The van der Waals surface area contributed by atoms with E-state index in [1.807, 2.05) is 24.3 Å². The van der Waals surface area contributed by atoms with Gasteiger partial charge in [-0.05, 0) is 36.1 Å². The summed E-state index contributed by atoms with van der Waals surface area (Å²) in [5, 5.41) is 19.8. The molecule has 10 heteroatoms. The van der Waals surface area contributed by atoms with Crippen molar-refractivity contribution in [2.45, 2.75) is 0 Å². The van der Waals surface area contributed by atoms with Crippen molar-refractivity contribution < 1.29 is 29.4 Å². The Balaban J connectivity index is 0.000000304. The minimum absolute atomic E-state index is 0.695. The number of amides is 2. The molecule has 2 aromatic heterocycles. The number of carboxylic acid groups (broad SMARTS) is 2. The molecule has 0 saturated carbocycles. The molecule has 0 aliphatic heterocycles. The number of aliphatic carboxylic acids is 2.